The smallest absolute Gasteiger partial charge is 0.243 e. The Labute approximate surface area is 214 Å². The van der Waals surface area contributed by atoms with Gasteiger partial charge in [0.25, 0.3) is 0 Å². The number of hydrogen-bond donors (Lipinski definition) is 2. The Kier molecular flexibility index (Phi) is 5.81. The first-order valence-electron chi connectivity index (χ1n) is 13.8. The van der Waals surface area contributed by atoms with E-state index >= 15 is 0 Å². The second-order valence-electron chi connectivity index (χ2n) is 12.2. The molecule has 1 unspecified atom stereocenters. The summed E-state index contributed by atoms with van der Waals surface area (Å²) in [4.78, 5) is 26.7. The van der Waals surface area contributed by atoms with Crippen molar-refractivity contribution in [2.45, 2.75) is 70.9 Å². The predicted molar refractivity (Wildman–Crippen MR) is 142 cm³/mol. The summed E-state index contributed by atoms with van der Waals surface area (Å²) < 4.78 is 0. The minimum absolute atomic E-state index is 0.0441. The number of piperidine rings is 1. The number of amides is 1. The van der Waals surface area contributed by atoms with Crippen molar-refractivity contribution in [2.24, 2.45) is 28.6 Å². The second kappa shape index (κ2) is 8.90. The van der Waals surface area contributed by atoms with E-state index in [0.29, 0.717) is 23.7 Å². The summed E-state index contributed by atoms with van der Waals surface area (Å²) in [6, 6.07) is 19.9. The van der Waals surface area contributed by atoms with Crippen molar-refractivity contribution in [3.8, 4) is 0 Å². The molecule has 3 fully saturated rings. The molecule has 4 heteroatoms. The predicted octanol–water partition coefficient (Wildman–Crippen LogP) is 5.95. The van der Waals surface area contributed by atoms with Crippen LogP contribution in [0.5, 0.6) is 0 Å². The molecule has 36 heavy (non-hydrogen) atoms. The molecule has 1 aliphatic heterocycles. The van der Waals surface area contributed by atoms with Crippen LogP contribution < -0.4 is 10.6 Å². The minimum atomic E-state index is -0.321. The molecule has 0 bridgehead atoms. The SMILES string of the molecule is C[C@@]12CCC[C@H]1[C@@H]1C(C(=O)NC(c3ccccc3)c3ccccc3)NC3=CC(=O)CC[C@]3(C)[C@@H]1CC2. The normalized spacial score (nSPS) is 35.2. The molecule has 1 amide bonds. The number of nitrogens with one attached hydrogen (secondary N) is 2. The van der Waals surface area contributed by atoms with E-state index in [0.717, 1.165) is 29.7 Å². The van der Waals surface area contributed by atoms with Gasteiger partial charge in [-0.1, -0.05) is 80.9 Å². The van der Waals surface area contributed by atoms with Crippen LogP contribution in [0, 0.1) is 28.6 Å². The fourth-order valence-electron chi connectivity index (χ4n) is 8.29. The number of ketones is 1. The van der Waals surface area contributed by atoms with Gasteiger partial charge in [0.15, 0.2) is 5.78 Å². The fraction of sp³-hybridized carbons (Fsp3) is 0.500. The number of rotatable bonds is 4. The van der Waals surface area contributed by atoms with Crippen molar-refractivity contribution in [2.75, 3.05) is 0 Å². The molecule has 2 N–H and O–H groups in total. The number of hydrogen-bond acceptors (Lipinski definition) is 3. The van der Waals surface area contributed by atoms with Crippen molar-refractivity contribution >= 4 is 11.7 Å². The van der Waals surface area contributed by atoms with Gasteiger partial charge >= 0.3 is 0 Å². The number of carbonyl (C=O) groups excluding carboxylic acids is 2. The van der Waals surface area contributed by atoms with E-state index in [-0.39, 0.29) is 35.1 Å². The van der Waals surface area contributed by atoms with Crippen LogP contribution in [0.15, 0.2) is 72.4 Å². The number of benzene rings is 2. The van der Waals surface area contributed by atoms with Gasteiger partial charge < -0.3 is 10.6 Å². The molecule has 4 aliphatic rings. The van der Waals surface area contributed by atoms with E-state index in [4.69, 9.17) is 0 Å². The molecule has 0 radical (unpaired) electrons. The average molecular weight is 483 g/mol. The summed E-state index contributed by atoms with van der Waals surface area (Å²) in [5.74, 6) is 1.49. The third-order valence-electron chi connectivity index (χ3n) is 10.3. The Bertz CT molecular complexity index is 1140. The molecule has 2 aromatic rings. The van der Waals surface area contributed by atoms with Crippen LogP contribution in [0.3, 0.4) is 0 Å². The van der Waals surface area contributed by atoms with Crippen LogP contribution >= 0.6 is 0 Å². The fourth-order valence-corrected chi connectivity index (χ4v) is 8.29. The Morgan fingerprint density at radius 3 is 2.25 bits per heavy atom. The van der Waals surface area contributed by atoms with Gasteiger partial charge in [0.2, 0.25) is 5.91 Å². The Morgan fingerprint density at radius 2 is 1.58 bits per heavy atom. The zero-order valence-electron chi connectivity index (χ0n) is 21.5. The maximum atomic E-state index is 14.3. The second-order valence-corrected chi connectivity index (χ2v) is 12.2. The highest BCUT2D eigenvalue weighted by molar-refractivity contribution is 5.92. The first-order chi connectivity index (χ1) is 17.4. The maximum Gasteiger partial charge on any atom is 0.243 e. The van der Waals surface area contributed by atoms with E-state index < -0.39 is 0 Å². The number of carbonyl (C=O) groups is 2. The van der Waals surface area contributed by atoms with Crippen LogP contribution in [-0.4, -0.2) is 17.7 Å². The third-order valence-corrected chi connectivity index (χ3v) is 10.3. The van der Waals surface area contributed by atoms with Gasteiger partial charge in [0, 0.05) is 23.6 Å². The summed E-state index contributed by atoms with van der Waals surface area (Å²) in [6.45, 7) is 4.81. The summed E-state index contributed by atoms with van der Waals surface area (Å²) >= 11 is 0. The molecule has 0 aromatic heterocycles. The van der Waals surface area contributed by atoms with E-state index in [1.54, 1.807) is 0 Å². The lowest BCUT2D eigenvalue weighted by Crippen LogP contribution is -2.64. The molecule has 2 aromatic carbocycles. The molecule has 0 spiro atoms. The van der Waals surface area contributed by atoms with Crippen molar-refractivity contribution in [1.29, 1.82) is 0 Å². The van der Waals surface area contributed by atoms with Gasteiger partial charge in [-0.3, -0.25) is 9.59 Å². The highest BCUT2D eigenvalue weighted by atomic mass is 16.2. The van der Waals surface area contributed by atoms with Gasteiger partial charge in [-0.2, -0.15) is 0 Å². The largest absolute Gasteiger partial charge is 0.376 e. The first kappa shape index (κ1) is 23.5. The lowest BCUT2D eigenvalue weighted by atomic mass is 9.49. The highest BCUT2D eigenvalue weighted by Crippen LogP contribution is 2.63. The van der Waals surface area contributed by atoms with Gasteiger partial charge in [0.05, 0.1) is 6.04 Å². The lowest BCUT2D eigenvalue weighted by molar-refractivity contribution is -0.134. The van der Waals surface area contributed by atoms with E-state index in [2.05, 4.69) is 48.7 Å². The minimum Gasteiger partial charge on any atom is -0.376 e. The summed E-state index contributed by atoms with van der Waals surface area (Å²) in [5.41, 5.74) is 3.43. The van der Waals surface area contributed by atoms with E-state index in [1.807, 2.05) is 42.5 Å². The van der Waals surface area contributed by atoms with Crippen LogP contribution in [0.4, 0.5) is 0 Å². The van der Waals surface area contributed by atoms with Crippen LogP contribution in [-0.2, 0) is 9.59 Å². The summed E-state index contributed by atoms with van der Waals surface area (Å²) in [5, 5.41) is 7.14. The molecule has 6 rings (SSSR count). The molecule has 4 nitrogen and oxygen atoms in total. The van der Waals surface area contributed by atoms with Crippen LogP contribution in [0.2, 0.25) is 0 Å². The molecular weight excluding hydrogens is 444 g/mol. The van der Waals surface area contributed by atoms with Gasteiger partial charge in [-0.15, -0.1) is 0 Å². The van der Waals surface area contributed by atoms with Crippen LogP contribution in [0.1, 0.15) is 76.0 Å². The van der Waals surface area contributed by atoms with Gasteiger partial charge in [-0.25, -0.2) is 0 Å². The monoisotopic (exact) mass is 482 g/mol. The molecule has 188 valence electrons. The number of fused-ring (bicyclic) bond motifs is 5. The maximum absolute atomic E-state index is 14.3. The van der Waals surface area contributed by atoms with Gasteiger partial charge in [0.1, 0.15) is 6.04 Å². The molecule has 1 heterocycles. The molecular formula is C32H38N2O2. The number of allylic oxidation sites excluding steroid dienone is 2. The van der Waals surface area contributed by atoms with Crippen molar-refractivity contribution in [3.63, 3.8) is 0 Å². The Morgan fingerprint density at radius 1 is 0.917 bits per heavy atom. The summed E-state index contributed by atoms with van der Waals surface area (Å²) in [7, 11) is 0. The highest BCUT2D eigenvalue weighted by Gasteiger charge is 2.60. The average Bonchev–Trinajstić information content (AvgIpc) is 3.30. The van der Waals surface area contributed by atoms with Gasteiger partial charge in [-0.05, 0) is 66.4 Å². The Hall–Kier alpha value is -2.88. The topological polar surface area (TPSA) is 58.2 Å². The zero-order chi connectivity index (χ0) is 24.9. The van der Waals surface area contributed by atoms with E-state index in [9.17, 15) is 9.59 Å². The standard InChI is InChI=1S/C32H38N2O2/c1-31-17-9-14-24(31)27-25(16-18-31)32(2)19-15-23(35)20-26(32)33-29(27)30(36)34-28(21-10-5-3-6-11-21)22-12-7-4-8-13-22/h3-8,10-13,20,24-25,27-29,33H,9,14-19H2,1-2H3,(H,34,36)/t24-,25+,27-,29?,31-,32+/m0/s1. The molecule has 3 aliphatic carbocycles. The van der Waals surface area contributed by atoms with Crippen LogP contribution in [0.25, 0.3) is 0 Å². The molecule has 1 saturated heterocycles. The lowest BCUT2D eigenvalue weighted by Gasteiger charge is -2.59. The summed E-state index contributed by atoms with van der Waals surface area (Å²) in [6.07, 6.45) is 9.43. The zero-order valence-corrected chi connectivity index (χ0v) is 21.5. The quantitative estimate of drug-likeness (QED) is 0.566. The third kappa shape index (κ3) is 3.81. The Balaban J connectivity index is 1.38. The van der Waals surface area contributed by atoms with Crippen molar-refractivity contribution in [3.05, 3.63) is 83.6 Å². The van der Waals surface area contributed by atoms with Crippen molar-refractivity contribution in [1.82, 2.24) is 10.6 Å². The van der Waals surface area contributed by atoms with E-state index in [1.165, 1.54) is 25.7 Å². The van der Waals surface area contributed by atoms with Crippen molar-refractivity contribution < 1.29 is 9.59 Å². The molecule has 2 saturated carbocycles. The molecule has 6 atom stereocenters. The first-order valence-corrected chi connectivity index (χ1v) is 13.8.